The van der Waals surface area contributed by atoms with Crippen molar-refractivity contribution in [1.29, 1.82) is 0 Å². The average Bonchev–Trinajstić information content (AvgIpc) is 2.20. The zero-order chi connectivity index (χ0) is 12.1. The number of benzene rings is 1. The average molecular weight is 287 g/mol. The van der Waals surface area contributed by atoms with E-state index in [4.69, 9.17) is 0 Å². The van der Waals surface area contributed by atoms with Gasteiger partial charge in [-0.3, -0.25) is 10.1 Å². The molecule has 0 fully saturated rings. The van der Waals surface area contributed by atoms with Crippen molar-refractivity contribution >= 4 is 21.6 Å². The molecule has 16 heavy (non-hydrogen) atoms. The van der Waals surface area contributed by atoms with Crippen molar-refractivity contribution < 1.29 is 4.92 Å². The molecule has 0 spiro atoms. The summed E-state index contributed by atoms with van der Waals surface area (Å²) >= 11 is 3.41. The number of nitro benzene ring substituents is 1. The van der Waals surface area contributed by atoms with Crippen molar-refractivity contribution in [2.75, 3.05) is 20.6 Å². The van der Waals surface area contributed by atoms with E-state index in [1.54, 1.807) is 12.1 Å². The highest BCUT2D eigenvalue weighted by Crippen LogP contribution is 2.23. The van der Waals surface area contributed by atoms with Gasteiger partial charge in [-0.25, -0.2) is 0 Å². The van der Waals surface area contributed by atoms with Crippen molar-refractivity contribution in [3.8, 4) is 0 Å². The van der Waals surface area contributed by atoms with Crippen molar-refractivity contribution in [2.24, 2.45) is 0 Å². The van der Waals surface area contributed by atoms with Crippen LogP contribution >= 0.6 is 15.9 Å². The number of nitrogens with zero attached hydrogens (tertiary/aromatic N) is 2. The van der Waals surface area contributed by atoms with E-state index in [1.807, 2.05) is 14.1 Å². The zero-order valence-electron chi connectivity index (χ0n) is 9.44. The maximum atomic E-state index is 10.6. The molecule has 5 heteroatoms. The quantitative estimate of drug-likeness (QED) is 0.618. The van der Waals surface area contributed by atoms with Crippen molar-refractivity contribution in [2.45, 2.75) is 12.8 Å². The van der Waals surface area contributed by atoms with Crippen molar-refractivity contribution in [3.63, 3.8) is 0 Å². The molecular formula is C11H15BrN2O2. The Kier molecular flexibility index (Phi) is 4.89. The lowest BCUT2D eigenvalue weighted by molar-refractivity contribution is -0.384. The molecule has 0 radical (unpaired) electrons. The van der Waals surface area contributed by atoms with Crippen LogP contribution in [0.5, 0.6) is 0 Å². The highest BCUT2D eigenvalue weighted by Gasteiger charge is 2.09. The van der Waals surface area contributed by atoms with Crippen LogP contribution in [0, 0.1) is 10.1 Å². The van der Waals surface area contributed by atoms with Gasteiger partial charge in [-0.05, 0) is 45.1 Å². The summed E-state index contributed by atoms with van der Waals surface area (Å²) in [7, 11) is 4.03. The fourth-order valence-corrected chi connectivity index (χ4v) is 1.90. The molecule has 0 aliphatic rings. The van der Waals surface area contributed by atoms with Crippen LogP contribution in [0.2, 0.25) is 0 Å². The van der Waals surface area contributed by atoms with E-state index in [-0.39, 0.29) is 10.6 Å². The third-order valence-electron chi connectivity index (χ3n) is 2.29. The third kappa shape index (κ3) is 3.90. The summed E-state index contributed by atoms with van der Waals surface area (Å²) in [6, 6.07) is 4.89. The lowest BCUT2D eigenvalue weighted by atomic mass is 10.1. The molecule has 0 bridgehead atoms. The zero-order valence-corrected chi connectivity index (χ0v) is 11.0. The summed E-state index contributed by atoms with van der Waals surface area (Å²) < 4.78 is 0.942. The molecule has 0 amide bonds. The fraction of sp³-hybridized carbons (Fsp3) is 0.455. The number of hydrogen-bond donors (Lipinski definition) is 0. The Morgan fingerprint density at radius 1 is 1.44 bits per heavy atom. The van der Waals surface area contributed by atoms with Crippen LogP contribution in [0.3, 0.4) is 0 Å². The Morgan fingerprint density at radius 2 is 2.12 bits per heavy atom. The predicted octanol–water partition coefficient (Wildman–Crippen LogP) is 2.85. The standard InChI is InChI=1S/C11H15BrN2O2/c1-13(2)7-3-4-9-8-10(14(15)16)5-6-11(9)12/h5-6,8H,3-4,7H2,1-2H3. The van der Waals surface area contributed by atoms with Crippen molar-refractivity contribution in [1.82, 2.24) is 4.90 Å². The lowest BCUT2D eigenvalue weighted by Crippen LogP contribution is -2.13. The molecule has 0 saturated carbocycles. The first-order valence-electron chi connectivity index (χ1n) is 5.08. The lowest BCUT2D eigenvalue weighted by Gasteiger charge is -2.09. The van der Waals surface area contributed by atoms with Gasteiger partial charge in [0.2, 0.25) is 0 Å². The van der Waals surface area contributed by atoms with E-state index >= 15 is 0 Å². The van der Waals surface area contributed by atoms with E-state index in [0.29, 0.717) is 0 Å². The molecule has 0 N–H and O–H groups in total. The van der Waals surface area contributed by atoms with Crippen LogP contribution in [0.4, 0.5) is 5.69 Å². The number of hydrogen-bond acceptors (Lipinski definition) is 3. The number of non-ortho nitro benzene ring substituents is 1. The van der Waals surface area contributed by atoms with Gasteiger partial charge >= 0.3 is 0 Å². The van der Waals surface area contributed by atoms with Crippen LogP contribution in [-0.4, -0.2) is 30.5 Å². The molecule has 0 unspecified atom stereocenters. The molecule has 0 heterocycles. The van der Waals surface area contributed by atoms with Gasteiger partial charge in [0, 0.05) is 16.6 Å². The molecule has 4 nitrogen and oxygen atoms in total. The van der Waals surface area contributed by atoms with Crippen LogP contribution in [0.15, 0.2) is 22.7 Å². The molecule has 0 saturated heterocycles. The summed E-state index contributed by atoms with van der Waals surface area (Å²) in [6.45, 7) is 0.981. The number of nitro groups is 1. The van der Waals surface area contributed by atoms with Gasteiger partial charge < -0.3 is 4.90 Å². The third-order valence-corrected chi connectivity index (χ3v) is 3.07. The van der Waals surface area contributed by atoms with E-state index in [0.717, 1.165) is 29.4 Å². The van der Waals surface area contributed by atoms with Crippen LogP contribution in [-0.2, 0) is 6.42 Å². The Labute approximate surface area is 104 Å². The number of halogens is 1. The Bertz CT molecular complexity index is 380. The van der Waals surface area contributed by atoms with E-state index in [9.17, 15) is 10.1 Å². The second-order valence-electron chi connectivity index (χ2n) is 3.94. The second-order valence-corrected chi connectivity index (χ2v) is 4.79. The van der Waals surface area contributed by atoms with Gasteiger partial charge in [0.15, 0.2) is 0 Å². The summed E-state index contributed by atoms with van der Waals surface area (Å²) in [5.41, 5.74) is 1.15. The minimum atomic E-state index is -0.359. The monoisotopic (exact) mass is 286 g/mol. The Hall–Kier alpha value is -0.940. The molecule has 0 aromatic heterocycles. The first kappa shape index (κ1) is 13.1. The first-order valence-corrected chi connectivity index (χ1v) is 5.87. The maximum absolute atomic E-state index is 10.6. The fourth-order valence-electron chi connectivity index (χ4n) is 1.45. The van der Waals surface area contributed by atoms with Crippen LogP contribution in [0.25, 0.3) is 0 Å². The van der Waals surface area contributed by atoms with Gasteiger partial charge in [0.05, 0.1) is 4.92 Å². The van der Waals surface area contributed by atoms with E-state index in [1.165, 1.54) is 6.07 Å². The van der Waals surface area contributed by atoms with E-state index < -0.39 is 0 Å². The summed E-state index contributed by atoms with van der Waals surface area (Å²) in [4.78, 5) is 12.4. The molecule has 1 aromatic rings. The normalized spacial score (nSPS) is 10.8. The SMILES string of the molecule is CN(C)CCCc1cc([N+](=O)[O-])ccc1Br. The molecular weight excluding hydrogens is 272 g/mol. The summed E-state index contributed by atoms with van der Waals surface area (Å²) in [6.07, 6.45) is 1.84. The highest BCUT2D eigenvalue weighted by molar-refractivity contribution is 9.10. The molecule has 0 aliphatic heterocycles. The Morgan fingerprint density at radius 3 is 2.69 bits per heavy atom. The summed E-state index contributed by atoms with van der Waals surface area (Å²) in [5.74, 6) is 0. The predicted molar refractivity (Wildman–Crippen MR) is 67.7 cm³/mol. The van der Waals surface area contributed by atoms with Crippen LogP contribution in [0.1, 0.15) is 12.0 Å². The van der Waals surface area contributed by atoms with Gasteiger partial charge in [-0.2, -0.15) is 0 Å². The summed E-state index contributed by atoms with van der Waals surface area (Å²) in [5, 5.41) is 10.6. The molecule has 1 rings (SSSR count). The number of aryl methyl sites for hydroxylation is 1. The van der Waals surface area contributed by atoms with Crippen LogP contribution < -0.4 is 0 Å². The minimum absolute atomic E-state index is 0.156. The molecule has 0 atom stereocenters. The maximum Gasteiger partial charge on any atom is 0.269 e. The first-order chi connectivity index (χ1) is 7.50. The molecule has 88 valence electrons. The van der Waals surface area contributed by atoms with Gasteiger partial charge in [-0.15, -0.1) is 0 Å². The van der Waals surface area contributed by atoms with Crippen molar-refractivity contribution in [3.05, 3.63) is 38.3 Å². The number of rotatable bonds is 5. The largest absolute Gasteiger partial charge is 0.309 e. The van der Waals surface area contributed by atoms with Gasteiger partial charge in [0.1, 0.15) is 0 Å². The van der Waals surface area contributed by atoms with Gasteiger partial charge in [-0.1, -0.05) is 15.9 Å². The van der Waals surface area contributed by atoms with Gasteiger partial charge in [0.25, 0.3) is 5.69 Å². The van der Waals surface area contributed by atoms with E-state index in [2.05, 4.69) is 20.8 Å². The second kappa shape index (κ2) is 5.96. The highest BCUT2D eigenvalue weighted by atomic mass is 79.9. The molecule has 0 aliphatic carbocycles. The molecule has 1 aromatic carbocycles. The Balaban J connectivity index is 2.70. The minimum Gasteiger partial charge on any atom is -0.309 e. The smallest absolute Gasteiger partial charge is 0.269 e. The topological polar surface area (TPSA) is 46.4 Å².